The summed E-state index contributed by atoms with van der Waals surface area (Å²) in [6, 6.07) is -0.727. The molecule has 8 nitrogen and oxygen atoms in total. The van der Waals surface area contributed by atoms with Gasteiger partial charge in [0, 0.05) is 19.3 Å². The number of aliphatic carboxylic acids is 1. The van der Waals surface area contributed by atoms with Crippen molar-refractivity contribution in [2.45, 2.75) is 225 Å². The lowest BCUT2D eigenvalue weighted by Gasteiger charge is -2.34. The van der Waals surface area contributed by atoms with Gasteiger partial charge in [0.2, 0.25) is 0 Å². The predicted octanol–water partition coefficient (Wildman–Crippen LogP) is 12.1. The summed E-state index contributed by atoms with van der Waals surface area (Å²) in [4.78, 5) is 36.9. The Kier molecular flexibility index (Phi) is 39.5. The largest absolute Gasteiger partial charge is 0.544 e. The van der Waals surface area contributed by atoms with Gasteiger partial charge in [0.15, 0.2) is 6.10 Å². The Morgan fingerprint density at radius 3 is 1.40 bits per heavy atom. The fraction of sp³-hybridized carbons (Fsp3) is 0.820. The summed E-state index contributed by atoms with van der Waals surface area (Å²) < 4.78 is 17.2. The number of ether oxygens (including phenoxy) is 3. The van der Waals surface area contributed by atoms with Crippen molar-refractivity contribution >= 4 is 17.9 Å². The summed E-state index contributed by atoms with van der Waals surface area (Å²) in [5.41, 5.74) is 0. The van der Waals surface area contributed by atoms with Crippen molar-refractivity contribution in [3.8, 4) is 0 Å². The summed E-state index contributed by atoms with van der Waals surface area (Å²) in [5, 5.41) is 11.6. The second-order valence-electron chi connectivity index (χ2n) is 17.3. The maximum Gasteiger partial charge on any atom is 0.306 e. The number of quaternary nitrogens is 1. The molecule has 0 aromatic carbocycles. The standard InChI is InChI=1S/C50H91NO7/c1-6-8-10-12-14-16-18-19-20-21-22-23-24-25-26-27-28-29-31-33-35-37-39-41-49(53)58-46(44-56-43-42-47(50(54)55)51(3,4)5)45-57-48(52)40-38-36-34-32-30-17-15-13-11-9-7-2/h13,15,22-23,25-26,46-47H,6-12,14,16-21,24,27-45H2,1-5H3/b15-13+,23-22+,26-25+. The van der Waals surface area contributed by atoms with E-state index in [1.54, 1.807) is 21.1 Å². The number of esters is 2. The van der Waals surface area contributed by atoms with E-state index >= 15 is 0 Å². The van der Waals surface area contributed by atoms with Gasteiger partial charge in [0.1, 0.15) is 12.6 Å². The van der Waals surface area contributed by atoms with Gasteiger partial charge >= 0.3 is 11.9 Å². The van der Waals surface area contributed by atoms with Crippen LogP contribution in [-0.4, -0.2) is 75.5 Å². The lowest BCUT2D eigenvalue weighted by molar-refractivity contribution is -0.889. The zero-order chi connectivity index (χ0) is 42.8. The first-order chi connectivity index (χ1) is 28.1. The summed E-state index contributed by atoms with van der Waals surface area (Å²) in [6.45, 7) is 4.62. The molecule has 0 aliphatic carbocycles. The Hall–Kier alpha value is -2.45. The fourth-order valence-electron chi connectivity index (χ4n) is 6.96. The summed E-state index contributed by atoms with van der Waals surface area (Å²) in [6.07, 6.45) is 47.5. The Morgan fingerprint density at radius 2 is 0.931 bits per heavy atom. The first kappa shape index (κ1) is 55.5. The molecule has 0 amide bonds. The third kappa shape index (κ3) is 39.0. The van der Waals surface area contributed by atoms with Crippen LogP contribution in [-0.2, 0) is 28.6 Å². The molecule has 2 unspecified atom stereocenters. The van der Waals surface area contributed by atoms with Crippen LogP contribution < -0.4 is 5.11 Å². The Bertz CT molecular complexity index is 1050. The molecule has 58 heavy (non-hydrogen) atoms. The van der Waals surface area contributed by atoms with E-state index in [0.29, 0.717) is 12.8 Å². The van der Waals surface area contributed by atoms with Gasteiger partial charge < -0.3 is 28.6 Å². The van der Waals surface area contributed by atoms with Crippen LogP contribution in [0.15, 0.2) is 36.5 Å². The van der Waals surface area contributed by atoms with Crippen LogP contribution in [0.4, 0.5) is 0 Å². The highest BCUT2D eigenvalue weighted by Crippen LogP contribution is 2.14. The minimum atomic E-state index is -1.13. The molecule has 0 aliphatic rings. The number of allylic oxidation sites excluding steroid dienone is 6. The van der Waals surface area contributed by atoms with Crippen molar-refractivity contribution in [1.29, 1.82) is 0 Å². The fourth-order valence-corrected chi connectivity index (χ4v) is 6.96. The van der Waals surface area contributed by atoms with Gasteiger partial charge in [-0.05, 0) is 64.2 Å². The van der Waals surface area contributed by atoms with Gasteiger partial charge in [-0.15, -0.1) is 0 Å². The number of carbonyl (C=O) groups is 3. The second-order valence-corrected chi connectivity index (χ2v) is 17.3. The monoisotopic (exact) mass is 818 g/mol. The minimum Gasteiger partial charge on any atom is -0.544 e. The van der Waals surface area contributed by atoms with E-state index in [0.717, 1.165) is 64.2 Å². The van der Waals surface area contributed by atoms with Gasteiger partial charge in [0.05, 0.1) is 40.3 Å². The van der Waals surface area contributed by atoms with Crippen molar-refractivity contribution in [3.05, 3.63) is 36.5 Å². The molecule has 0 rings (SSSR count). The van der Waals surface area contributed by atoms with Crippen LogP contribution in [0.5, 0.6) is 0 Å². The van der Waals surface area contributed by atoms with Crippen LogP contribution in [0.25, 0.3) is 0 Å². The third-order valence-electron chi connectivity index (χ3n) is 10.7. The maximum absolute atomic E-state index is 12.7. The Balaban J connectivity index is 4.24. The normalized spacial score (nSPS) is 13.2. The summed E-state index contributed by atoms with van der Waals surface area (Å²) >= 11 is 0. The summed E-state index contributed by atoms with van der Waals surface area (Å²) in [7, 11) is 5.40. The molecule has 0 aromatic rings. The van der Waals surface area contributed by atoms with E-state index in [2.05, 4.69) is 50.3 Å². The summed E-state index contributed by atoms with van der Waals surface area (Å²) in [5.74, 6) is -1.75. The number of hydrogen-bond donors (Lipinski definition) is 0. The average molecular weight is 818 g/mol. The lowest BCUT2D eigenvalue weighted by atomic mass is 10.1. The number of carboxylic acids is 1. The number of rotatable bonds is 43. The molecule has 8 heteroatoms. The molecular weight excluding hydrogens is 727 g/mol. The lowest BCUT2D eigenvalue weighted by Crippen LogP contribution is -2.55. The number of hydrogen-bond acceptors (Lipinski definition) is 7. The molecule has 0 heterocycles. The highest BCUT2D eigenvalue weighted by Gasteiger charge is 2.25. The van der Waals surface area contributed by atoms with E-state index in [-0.39, 0.29) is 42.7 Å². The minimum absolute atomic E-state index is 0.0358. The van der Waals surface area contributed by atoms with E-state index in [1.165, 1.54) is 116 Å². The second kappa shape index (κ2) is 41.3. The molecular formula is C50H91NO7. The molecule has 338 valence electrons. The molecule has 0 N–H and O–H groups in total. The van der Waals surface area contributed by atoms with Crippen LogP contribution in [0.3, 0.4) is 0 Å². The predicted molar refractivity (Wildman–Crippen MR) is 240 cm³/mol. The highest BCUT2D eigenvalue weighted by molar-refractivity contribution is 5.70. The first-order valence-corrected chi connectivity index (χ1v) is 24.0. The van der Waals surface area contributed by atoms with Gasteiger partial charge in [0.25, 0.3) is 0 Å². The quantitative estimate of drug-likeness (QED) is 0.0261. The topological polar surface area (TPSA) is 102 Å². The molecule has 0 spiro atoms. The molecule has 0 saturated heterocycles. The SMILES string of the molecule is CCCC/C=C/CCCCCCCC(=O)OCC(COCCC(C(=O)[O-])[N+](C)(C)C)OC(=O)CCCCCCCCC/C=C/C/C=C/CCCCCCCCCCC. The maximum atomic E-state index is 12.7. The number of carbonyl (C=O) groups excluding carboxylic acids is 3. The van der Waals surface area contributed by atoms with Gasteiger partial charge in [-0.25, -0.2) is 0 Å². The van der Waals surface area contributed by atoms with Crippen LogP contribution in [0.1, 0.15) is 213 Å². The van der Waals surface area contributed by atoms with Gasteiger partial charge in [-0.2, -0.15) is 0 Å². The zero-order valence-electron chi connectivity index (χ0n) is 38.5. The van der Waals surface area contributed by atoms with Crippen LogP contribution in [0.2, 0.25) is 0 Å². The van der Waals surface area contributed by atoms with Gasteiger partial charge in [-0.1, -0.05) is 166 Å². The molecule has 2 atom stereocenters. The van der Waals surface area contributed by atoms with Crippen molar-refractivity contribution < 1.29 is 38.2 Å². The van der Waals surface area contributed by atoms with E-state index < -0.39 is 18.1 Å². The van der Waals surface area contributed by atoms with Crippen LogP contribution >= 0.6 is 0 Å². The Morgan fingerprint density at radius 1 is 0.517 bits per heavy atom. The van der Waals surface area contributed by atoms with Crippen molar-refractivity contribution in [3.63, 3.8) is 0 Å². The molecule has 0 bridgehead atoms. The first-order valence-electron chi connectivity index (χ1n) is 24.0. The van der Waals surface area contributed by atoms with Crippen molar-refractivity contribution in [2.75, 3.05) is 41.0 Å². The number of carboxylic acid groups (broad SMARTS) is 1. The molecule has 0 saturated carbocycles. The third-order valence-corrected chi connectivity index (χ3v) is 10.7. The number of unbranched alkanes of at least 4 members (excludes halogenated alkanes) is 23. The van der Waals surface area contributed by atoms with E-state index in [1.807, 2.05) is 0 Å². The number of nitrogens with zero attached hydrogens (tertiary/aromatic N) is 1. The average Bonchev–Trinajstić information content (AvgIpc) is 3.18. The van der Waals surface area contributed by atoms with Crippen molar-refractivity contribution in [2.24, 2.45) is 0 Å². The van der Waals surface area contributed by atoms with E-state index in [4.69, 9.17) is 14.2 Å². The van der Waals surface area contributed by atoms with E-state index in [9.17, 15) is 19.5 Å². The van der Waals surface area contributed by atoms with Gasteiger partial charge in [-0.3, -0.25) is 9.59 Å². The molecule has 0 aromatic heterocycles. The number of likely N-dealkylation sites (N-methyl/N-ethyl adjacent to an activating group) is 1. The molecule has 0 fully saturated rings. The Labute approximate surface area is 357 Å². The zero-order valence-corrected chi connectivity index (χ0v) is 38.5. The van der Waals surface area contributed by atoms with Crippen LogP contribution in [0, 0.1) is 0 Å². The molecule has 0 aliphatic heterocycles. The van der Waals surface area contributed by atoms with Crippen molar-refractivity contribution in [1.82, 2.24) is 0 Å². The molecule has 0 radical (unpaired) electrons. The highest BCUT2D eigenvalue weighted by atomic mass is 16.6. The smallest absolute Gasteiger partial charge is 0.306 e.